The van der Waals surface area contributed by atoms with Crippen molar-refractivity contribution in [3.8, 4) is 11.1 Å². The van der Waals surface area contributed by atoms with Crippen LogP contribution in [0, 0.1) is 5.82 Å². The summed E-state index contributed by atoms with van der Waals surface area (Å²) in [4.78, 5) is 19.9. The molecule has 5 rings (SSSR count). The zero-order chi connectivity index (χ0) is 19.8. The van der Waals surface area contributed by atoms with Crippen LogP contribution in [0.2, 0.25) is 0 Å². The highest BCUT2D eigenvalue weighted by Gasteiger charge is 2.27. The van der Waals surface area contributed by atoms with Gasteiger partial charge in [0, 0.05) is 30.8 Å². The fourth-order valence-corrected chi connectivity index (χ4v) is 4.50. The molecule has 0 aliphatic carbocycles. The quantitative estimate of drug-likeness (QED) is 0.499. The second-order valence-corrected chi connectivity index (χ2v) is 8.19. The molecule has 1 aliphatic rings. The van der Waals surface area contributed by atoms with Gasteiger partial charge in [0.2, 0.25) is 0 Å². The first kappa shape index (κ1) is 18.0. The third kappa shape index (κ3) is 3.53. The average Bonchev–Trinajstić information content (AvgIpc) is 3.43. The lowest BCUT2D eigenvalue weighted by atomic mass is 9.96. The van der Waals surface area contributed by atoms with Crippen molar-refractivity contribution >= 4 is 22.9 Å². The Bertz CT molecular complexity index is 1160. The first-order chi connectivity index (χ1) is 14.2. The average molecular weight is 406 g/mol. The van der Waals surface area contributed by atoms with E-state index in [1.165, 1.54) is 23.5 Å². The topological polar surface area (TPSA) is 50.5 Å². The van der Waals surface area contributed by atoms with E-state index in [1.807, 2.05) is 46.8 Å². The molecule has 1 fully saturated rings. The van der Waals surface area contributed by atoms with Crippen molar-refractivity contribution in [3.05, 3.63) is 76.6 Å². The zero-order valence-corrected chi connectivity index (χ0v) is 16.5. The van der Waals surface area contributed by atoms with Crippen molar-refractivity contribution in [2.45, 2.75) is 18.8 Å². The van der Waals surface area contributed by atoms with Crippen molar-refractivity contribution in [2.24, 2.45) is 0 Å². The molecule has 7 heteroatoms. The van der Waals surface area contributed by atoms with E-state index in [1.54, 1.807) is 10.6 Å². The van der Waals surface area contributed by atoms with Crippen LogP contribution in [-0.4, -0.2) is 38.5 Å². The maximum Gasteiger partial charge on any atom is 0.263 e. The van der Waals surface area contributed by atoms with Gasteiger partial charge < -0.3 is 4.90 Å². The maximum atomic E-state index is 13.5. The lowest BCUT2D eigenvalue weighted by molar-refractivity contribution is 0.0716. The Morgan fingerprint density at radius 3 is 2.69 bits per heavy atom. The molecule has 0 unspecified atom stereocenters. The van der Waals surface area contributed by atoms with Crippen LogP contribution >= 0.6 is 11.3 Å². The van der Waals surface area contributed by atoms with Gasteiger partial charge in [0.1, 0.15) is 5.82 Å². The van der Waals surface area contributed by atoms with Crippen LogP contribution < -0.4 is 0 Å². The Labute approximate surface area is 171 Å². The first-order valence-electron chi connectivity index (χ1n) is 9.62. The van der Waals surface area contributed by atoms with Gasteiger partial charge >= 0.3 is 0 Å². The number of carbonyl (C=O) groups is 1. The van der Waals surface area contributed by atoms with E-state index in [4.69, 9.17) is 0 Å². The number of rotatable bonds is 3. The molecule has 0 radical (unpaired) electrons. The Kier molecular flexibility index (Phi) is 4.60. The molecule has 0 saturated carbocycles. The summed E-state index contributed by atoms with van der Waals surface area (Å²) in [6, 6.07) is 14.2. The number of likely N-dealkylation sites (tertiary alicyclic amines) is 1. The SMILES string of the molecule is O=C(c1cccs1)N1CCC(c2nc3ccc(-c4cccc(F)c4)cn3n2)CC1. The Morgan fingerprint density at radius 1 is 1.07 bits per heavy atom. The van der Waals surface area contributed by atoms with Crippen LogP contribution in [0.3, 0.4) is 0 Å². The molecule has 3 aromatic heterocycles. The van der Waals surface area contributed by atoms with Crippen molar-refractivity contribution < 1.29 is 9.18 Å². The Morgan fingerprint density at radius 2 is 1.93 bits per heavy atom. The van der Waals surface area contributed by atoms with Gasteiger partial charge in [-0.05, 0) is 54.1 Å². The molecule has 1 amide bonds. The molecule has 0 spiro atoms. The fourth-order valence-electron chi connectivity index (χ4n) is 3.81. The molecule has 5 nitrogen and oxygen atoms in total. The molecular formula is C22H19FN4OS. The van der Waals surface area contributed by atoms with Crippen LogP contribution in [0.1, 0.15) is 34.3 Å². The van der Waals surface area contributed by atoms with Crippen molar-refractivity contribution in [1.29, 1.82) is 0 Å². The van der Waals surface area contributed by atoms with E-state index < -0.39 is 0 Å². The van der Waals surface area contributed by atoms with Gasteiger partial charge in [-0.1, -0.05) is 18.2 Å². The highest BCUT2D eigenvalue weighted by molar-refractivity contribution is 7.12. The van der Waals surface area contributed by atoms with E-state index >= 15 is 0 Å². The van der Waals surface area contributed by atoms with Gasteiger partial charge in [0.05, 0.1) is 4.88 Å². The monoisotopic (exact) mass is 406 g/mol. The smallest absolute Gasteiger partial charge is 0.263 e. The number of halogens is 1. The molecule has 0 atom stereocenters. The molecule has 0 bridgehead atoms. The van der Waals surface area contributed by atoms with Crippen molar-refractivity contribution in [1.82, 2.24) is 19.5 Å². The molecule has 29 heavy (non-hydrogen) atoms. The lowest BCUT2D eigenvalue weighted by Gasteiger charge is -2.30. The predicted octanol–water partition coefficient (Wildman–Crippen LogP) is 4.62. The summed E-state index contributed by atoms with van der Waals surface area (Å²) in [5.74, 6) is 0.899. The van der Waals surface area contributed by atoms with Crippen LogP contribution in [0.4, 0.5) is 4.39 Å². The second kappa shape index (κ2) is 7.40. The zero-order valence-electron chi connectivity index (χ0n) is 15.7. The van der Waals surface area contributed by atoms with Gasteiger partial charge in [-0.15, -0.1) is 11.3 Å². The van der Waals surface area contributed by atoms with Gasteiger partial charge in [0.25, 0.3) is 5.91 Å². The molecule has 0 N–H and O–H groups in total. The minimum Gasteiger partial charge on any atom is -0.338 e. The predicted molar refractivity (Wildman–Crippen MR) is 111 cm³/mol. The summed E-state index contributed by atoms with van der Waals surface area (Å²) >= 11 is 1.48. The summed E-state index contributed by atoms with van der Waals surface area (Å²) in [6.45, 7) is 1.43. The summed E-state index contributed by atoms with van der Waals surface area (Å²) in [5.41, 5.74) is 2.48. The second-order valence-electron chi connectivity index (χ2n) is 7.24. The van der Waals surface area contributed by atoms with Gasteiger partial charge in [-0.25, -0.2) is 13.9 Å². The molecule has 4 heterocycles. The fraction of sp³-hybridized carbons (Fsp3) is 0.227. The molecule has 1 aliphatic heterocycles. The number of piperidine rings is 1. The molecule has 146 valence electrons. The number of hydrogen-bond donors (Lipinski definition) is 0. The highest BCUT2D eigenvalue weighted by atomic mass is 32.1. The van der Waals surface area contributed by atoms with E-state index in [2.05, 4.69) is 10.1 Å². The number of nitrogens with zero attached hydrogens (tertiary/aromatic N) is 4. The normalized spacial score (nSPS) is 15.1. The summed E-state index contributed by atoms with van der Waals surface area (Å²) in [7, 11) is 0. The number of carbonyl (C=O) groups excluding carboxylic acids is 1. The number of thiophene rings is 1. The minimum absolute atomic E-state index is 0.112. The molecule has 1 aromatic carbocycles. The number of amides is 1. The third-order valence-corrected chi connectivity index (χ3v) is 6.24. The summed E-state index contributed by atoms with van der Waals surface area (Å²) < 4.78 is 15.3. The standard InChI is InChI=1S/C22H19FN4OS/c23-18-4-1-3-16(13-18)17-6-7-20-24-21(25-27(20)14-17)15-8-10-26(11-9-15)22(28)19-5-2-12-29-19/h1-7,12-15H,8-11H2. The van der Waals surface area contributed by atoms with Gasteiger partial charge in [-0.3, -0.25) is 4.79 Å². The molecule has 1 saturated heterocycles. The van der Waals surface area contributed by atoms with Crippen molar-refractivity contribution in [2.75, 3.05) is 13.1 Å². The summed E-state index contributed by atoms with van der Waals surface area (Å²) in [6.07, 6.45) is 3.59. The number of pyridine rings is 1. The number of benzene rings is 1. The van der Waals surface area contributed by atoms with Crippen LogP contribution in [-0.2, 0) is 0 Å². The largest absolute Gasteiger partial charge is 0.338 e. The van der Waals surface area contributed by atoms with Crippen molar-refractivity contribution in [3.63, 3.8) is 0 Å². The van der Waals surface area contributed by atoms with Crippen LogP contribution in [0.15, 0.2) is 60.1 Å². The van der Waals surface area contributed by atoms with Crippen LogP contribution in [0.5, 0.6) is 0 Å². The Hall–Kier alpha value is -3.06. The number of aromatic nitrogens is 3. The highest BCUT2D eigenvalue weighted by Crippen LogP contribution is 2.28. The summed E-state index contributed by atoms with van der Waals surface area (Å²) in [5, 5.41) is 6.60. The molecular weight excluding hydrogens is 387 g/mol. The molecule has 4 aromatic rings. The Balaban J connectivity index is 1.33. The van der Waals surface area contributed by atoms with E-state index in [-0.39, 0.29) is 17.6 Å². The minimum atomic E-state index is -0.259. The first-order valence-corrected chi connectivity index (χ1v) is 10.5. The maximum absolute atomic E-state index is 13.5. The van der Waals surface area contributed by atoms with Gasteiger partial charge in [-0.2, -0.15) is 5.10 Å². The van der Waals surface area contributed by atoms with E-state index in [0.717, 1.165) is 40.3 Å². The van der Waals surface area contributed by atoms with E-state index in [9.17, 15) is 9.18 Å². The van der Waals surface area contributed by atoms with E-state index in [0.29, 0.717) is 13.1 Å². The number of fused-ring (bicyclic) bond motifs is 1. The lowest BCUT2D eigenvalue weighted by Crippen LogP contribution is -2.37. The van der Waals surface area contributed by atoms with Gasteiger partial charge in [0.15, 0.2) is 11.5 Å². The van der Waals surface area contributed by atoms with Crippen LogP contribution in [0.25, 0.3) is 16.8 Å². The number of hydrogen-bond acceptors (Lipinski definition) is 4. The third-order valence-electron chi connectivity index (χ3n) is 5.38.